The molecular formula is C34H29FN8O2. The molecule has 1 aliphatic rings. The summed E-state index contributed by atoms with van der Waals surface area (Å²) in [5.74, 6) is 0.569. The lowest BCUT2D eigenvalue weighted by molar-refractivity contribution is 0.112. The van der Waals surface area contributed by atoms with Gasteiger partial charge in [-0.3, -0.25) is 19.2 Å². The highest BCUT2D eigenvalue weighted by molar-refractivity contribution is 5.84. The van der Waals surface area contributed by atoms with Gasteiger partial charge in [0, 0.05) is 56.4 Å². The number of phenols is 1. The standard InChI is InChI=1S/C34H29FN8O2/c35-24-6-10-28(38-19-24)29-11-12-30-34(39-29)43(33(40-30)27-2-1-13-37-32(27)36)25-7-3-22(4-8-25)20-41-14-16-42(17-15-41)26-9-5-23(21-44)31(45)18-26/h1-13,18-19,21,45H,14-17,20H2,(H2,36,37). The van der Waals surface area contributed by atoms with Crippen LogP contribution in [0.2, 0.25) is 0 Å². The molecule has 1 saturated heterocycles. The summed E-state index contributed by atoms with van der Waals surface area (Å²) in [7, 11) is 0. The van der Waals surface area contributed by atoms with Crippen LogP contribution in [0.4, 0.5) is 15.9 Å². The second-order valence-electron chi connectivity index (χ2n) is 10.9. The van der Waals surface area contributed by atoms with Crippen LogP contribution < -0.4 is 10.6 Å². The summed E-state index contributed by atoms with van der Waals surface area (Å²) in [6.45, 7) is 4.13. The Kier molecular flexibility index (Phi) is 7.36. The van der Waals surface area contributed by atoms with Gasteiger partial charge in [0.15, 0.2) is 17.8 Å². The monoisotopic (exact) mass is 600 g/mol. The van der Waals surface area contributed by atoms with Crippen LogP contribution in [-0.2, 0) is 6.54 Å². The predicted octanol–water partition coefficient (Wildman–Crippen LogP) is 5.11. The number of carbonyl (C=O) groups excluding carboxylic acids is 1. The lowest BCUT2D eigenvalue weighted by Gasteiger charge is -2.36. The third kappa shape index (κ3) is 5.56. The van der Waals surface area contributed by atoms with Crippen molar-refractivity contribution < 1.29 is 14.3 Å². The Morgan fingerprint density at radius 3 is 2.36 bits per heavy atom. The molecule has 0 amide bonds. The number of aromatic nitrogens is 5. The fourth-order valence-electron chi connectivity index (χ4n) is 5.66. The molecule has 3 N–H and O–H groups in total. The van der Waals surface area contributed by atoms with E-state index >= 15 is 0 Å². The molecule has 1 aliphatic heterocycles. The number of benzene rings is 2. The van der Waals surface area contributed by atoms with Crippen molar-refractivity contribution in [3.63, 3.8) is 0 Å². The van der Waals surface area contributed by atoms with Crippen LogP contribution >= 0.6 is 0 Å². The number of hydrogen-bond donors (Lipinski definition) is 2. The van der Waals surface area contributed by atoms with E-state index in [1.165, 1.54) is 12.3 Å². The average molecular weight is 601 g/mol. The second-order valence-corrected chi connectivity index (χ2v) is 10.9. The third-order valence-electron chi connectivity index (χ3n) is 8.05. The van der Waals surface area contributed by atoms with Crippen LogP contribution in [0.5, 0.6) is 5.75 Å². The number of hydrogen-bond acceptors (Lipinski definition) is 9. The molecule has 0 unspecified atom stereocenters. The van der Waals surface area contributed by atoms with Crippen molar-refractivity contribution in [2.75, 3.05) is 36.8 Å². The van der Waals surface area contributed by atoms with Crippen LogP contribution in [-0.4, -0.2) is 67.0 Å². The zero-order chi connectivity index (χ0) is 30.9. The zero-order valence-electron chi connectivity index (χ0n) is 24.2. The summed E-state index contributed by atoms with van der Waals surface area (Å²) in [6, 6.07) is 23.8. The fourth-order valence-corrected chi connectivity index (χ4v) is 5.66. The van der Waals surface area contributed by atoms with E-state index in [2.05, 4.69) is 31.9 Å². The molecule has 2 aromatic carbocycles. The molecule has 0 saturated carbocycles. The van der Waals surface area contributed by atoms with Gasteiger partial charge >= 0.3 is 0 Å². The molecule has 224 valence electrons. The van der Waals surface area contributed by atoms with Crippen molar-refractivity contribution in [2.45, 2.75) is 6.54 Å². The van der Waals surface area contributed by atoms with Crippen LogP contribution in [0.1, 0.15) is 15.9 Å². The van der Waals surface area contributed by atoms with Crippen molar-refractivity contribution >= 4 is 29.0 Å². The van der Waals surface area contributed by atoms with Gasteiger partial charge in [0.2, 0.25) is 0 Å². The summed E-state index contributed by atoms with van der Waals surface area (Å²) < 4.78 is 15.5. The SMILES string of the molecule is Nc1ncccc1-c1nc2ccc(-c3ccc(F)cn3)nc2n1-c1ccc(CN2CCN(c3ccc(C=O)c(O)c3)CC2)cc1. The van der Waals surface area contributed by atoms with E-state index in [1.54, 1.807) is 24.4 Å². The number of aldehydes is 1. The number of nitrogen functional groups attached to an aromatic ring is 1. The first-order chi connectivity index (χ1) is 22.0. The highest BCUT2D eigenvalue weighted by Gasteiger charge is 2.21. The molecule has 0 spiro atoms. The van der Waals surface area contributed by atoms with Crippen molar-refractivity contribution in [3.05, 3.63) is 108 Å². The number of nitrogens with two attached hydrogens (primary N) is 1. The maximum atomic E-state index is 13.5. The molecule has 7 rings (SSSR count). The Balaban J connectivity index is 1.15. The summed E-state index contributed by atoms with van der Waals surface area (Å²) in [5, 5.41) is 10.1. The first kappa shape index (κ1) is 28.1. The second kappa shape index (κ2) is 11.8. The minimum absolute atomic E-state index is 0.00334. The van der Waals surface area contributed by atoms with Crippen molar-refractivity contribution in [1.29, 1.82) is 0 Å². The first-order valence-corrected chi connectivity index (χ1v) is 14.5. The molecule has 0 atom stereocenters. The average Bonchev–Trinajstić information content (AvgIpc) is 3.44. The minimum atomic E-state index is -0.410. The lowest BCUT2D eigenvalue weighted by Crippen LogP contribution is -2.45. The molecule has 45 heavy (non-hydrogen) atoms. The molecule has 5 heterocycles. The van der Waals surface area contributed by atoms with Crippen LogP contribution in [0, 0.1) is 5.82 Å². The van der Waals surface area contributed by atoms with E-state index in [1.807, 2.05) is 47.0 Å². The van der Waals surface area contributed by atoms with Crippen molar-refractivity contribution in [1.82, 2.24) is 29.4 Å². The van der Waals surface area contributed by atoms with E-state index < -0.39 is 5.82 Å². The number of nitrogens with zero attached hydrogens (tertiary/aromatic N) is 7. The van der Waals surface area contributed by atoms with Gasteiger partial charge in [0.1, 0.15) is 22.9 Å². The Morgan fingerprint density at radius 2 is 1.64 bits per heavy atom. The molecule has 0 aliphatic carbocycles. The smallest absolute Gasteiger partial charge is 0.165 e. The van der Waals surface area contributed by atoms with E-state index in [9.17, 15) is 14.3 Å². The number of halogens is 1. The highest BCUT2D eigenvalue weighted by Crippen LogP contribution is 2.32. The quantitative estimate of drug-likeness (QED) is 0.241. The number of phenolic OH excluding ortho intramolecular Hbond substituents is 1. The zero-order valence-corrected chi connectivity index (χ0v) is 24.2. The molecule has 0 radical (unpaired) electrons. The Morgan fingerprint density at radius 1 is 0.867 bits per heavy atom. The highest BCUT2D eigenvalue weighted by atomic mass is 19.1. The van der Waals surface area contributed by atoms with Crippen LogP contribution in [0.15, 0.2) is 91.3 Å². The molecular weight excluding hydrogens is 571 g/mol. The van der Waals surface area contributed by atoms with E-state index in [0.29, 0.717) is 51.6 Å². The molecule has 1 fully saturated rings. The number of piperazine rings is 1. The van der Waals surface area contributed by atoms with E-state index in [4.69, 9.17) is 15.7 Å². The predicted molar refractivity (Wildman–Crippen MR) is 171 cm³/mol. The maximum Gasteiger partial charge on any atom is 0.165 e. The van der Waals surface area contributed by atoms with Gasteiger partial charge in [0.25, 0.3) is 0 Å². The van der Waals surface area contributed by atoms with Gasteiger partial charge in [-0.2, -0.15) is 0 Å². The summed E-state index contributed by atoms with van der Waals surface area (Å²) >= 11 is 0. The van der Waals surface area contributed by atoms with Gasteiger partial charge in [-0.05, 0) is 66.2 Å². The Labute approximate surface area is 258 Å². The van der Waals surface area contributed by atoms with Gasteiger partial charge in [-0.15, -0.1) is 0 Å². The fraction of sp³-hybridized carbons (Fsp3) is 0.147. The molecule has 0 bridgehead atoms. The Bertz CT molecular complexity index is 2000. The Hall–Kier alpha value is -5.68. The van der Waals surface area contributed by atoms with Gasteiger partial charge < -0.3 is 15.7 Å². The van der Waals surface area contributed by atoms with Crippen LogP contribution in [0.25, 0.3) is 39.6 Å². The summed E-state index contributed by atoms with van der Waals surface area (Å²) in [6.07, 6.45) is 3.48. The largest absolute Gasteiger partial charge is 0.507 e. The van der Waals surface area contributed by atoms with Crippen molar-refractivity contribution in [3.8, 4) is 34.2 Å². The number of aromatic hydroxyl groups is 1. The topological polar surface area (TPSA) is 126 Å². The maximum absolute atomic E-state index is 13.5. The number of pyridine rings is 3. The summed E-state index contributed by atoms with van der Waals surface area (Å²) in [5.41, 5.74) is 12.6. The minimum Gasteiger partial charge on any atom is -0.507 e. The number of carbonyl (C=O) groups is 1. The van der Waals surface area contributed by atoms with Gasteiger partial charge in [-0.1, -0.05) is 12.1 Å². The van der Waals surface area contributed by atoms with E-state index in [0.717, 1.165) is 49.7 Å². The van der Waals surface area contributed by atoms with Crippen molar-refractivity contribution in [2.24, 2.45) is 0 Å². The number of fused-ring (bicyclic) bond motifs is 1. The normalized spacial score (nSPS) is 13.8. The number of rotatable bonds is 7. The first-order valence-electron chi connectivity index (χ1n) is 14.5. The number of imidazole rings is 1. The molecule has 11 heteroatoms. The molecule has 10 nitrogen and oxygen atoms in total. The molecule has 4 aromatic heterocycles. The lowest BCUT2D eigenvalue weighted by atomic mass is 10.1. The van der Waals surface area contributed by atoms with Crippen LogP contribution in [0.3, 0.4) is 0 Å². The summed E-state index contributed by atoms with van der Waals surface area (Å²) in [4.78, 5) is 33.9. The molecule has 6 aromatic rings. The number of anilines is 2. The van der Waals surface area contributed by atoms with E-state index in [-0.39, 0.29) is 5.75 Å². The third-order valence-corrected chi connectivity index (χ3v) is 8.05. The van der Waals surface area contributed by atoms with Gasteiger partial charge in [0.05, 0.1) is 28.7 Å². The van der Waals surface area contributed by atoms with Gasteiger partial charge in [-0.25, -0.2) is 19.3 Å².